The van der Waals surface area contributed by atoms with Crippen LogP contribution in [0.5, 0.6) is 5.75 Å². The minimum absolute atomic E-state index is 0.111. The highest BCUT2D eigenvalue weighted by atomic mass is 32.2. The van der Waals surface area contributed by atoms with Gasteiger partial charge in [-0.15, -0.1) is 5.73 Å². The summed E-state index contributed by atoms with van der Waals surface area (Å²) in [5.41, 5.74) is 6.86. The average molecular weight is 494 g/mol. The molecule has 4 rings (SSSR count). The smallest absolute Gasteiger partial charge is 0.162 e. The molecule has 0 radical (unpaired) electrons. The van der Waals surface area contributed by atoms with E-state index in [-0.39, 0.29) is 22.9 Å². The number of allylic oxidation sites excluding steroid dienone is 5. The van der Waals surface area contributed by atoms with Crippen molar-refractivity contribution in [3.8, 4) is 5.75 Å². The van der Waals surface area contributed by atoms with Gasteiger partial charge in [0.05, 0.1) is 13.2 Å². The number of hydrogen-bond donors (Lipinski definition) is 0. The number of benzene rings is 1. The topological polar surface area (TPSA) is 47.9 Å². The SMILES string of the molecule is COC(COc1ccc(C(=O)CCC2SC(C3=C=CC=C(F)C=C3)=NC2C(C)C)cc1C)=C1CC1. The highest BCUT2D eigenvalue weighted by molar-refractivity contribution is 8.15. The number of carbonyl (C=O) groups is 1. The van der Waals surface area contributed by atoms with Gasteiger partial charge < -0.3 is 9.47 Å². The van der Waals surface area contributed by atoms with Crippen molar-refractivity contribution in [3.05, 3.63) is 82.1 Å². The number of rotatable bonds is 10. The van der Waals surface area contributed by atoms with Crippen LogP contribution < -0.4 is 4.74 Å². The summed E-state index contributed by atoms with van der Waals surface area (Å²) in [5.74, 6) is 1.84. The number of Topliss-reactive ketones (excluding diaryl/α,β-unsaturated/α-hetero) is 1. The lowest BCUT2D eigenvalue weighted by Gasteiger charge is -2.20. The lowest BCUT2D eigenvalue weighted by Crippen LogP contribution is -2.24. The van der Waals surface area contributed by atoms with E-state index in [4.69, 9.17) is 14.5 Å². The summed E-state index contributed by atoms with van der Waals surface area (Å²) < 4.78 is 24.9. The maximum Gasteiger partial charge on any atom is 0.162 e. The van der Waals surface area contributed by atoms with Gasteiger partial charge in [0.1, 0.15) is 29.0 Å². The molecular formula is C29H32FNO3S. The van der Waals surface area contributed by atoms with E-state index in [0.717, 1.165) is 47.0 Å². The Morgan fingerprint density at radius 2 is 2.09 bits per heavy atom. The fourth-order valence-electron chi connectivity index (χ4n) is 4.21. The lowest BCUT2D eigenvalue weighted by molar-refractivity contribution is 0.0978. The molecule has 0 saturated heterocycles. The Labute approximate surface area is 211 Å². The van der Waals surface area contributed by atoms with Gasteiger partial charge in [-0.3, -0.25) is 9.79 Å². The van der Waals surface area contributed by atoms with Gasteiger partial charge in [-0.05, 0) is 85.7 Å². The number of thioether (sulfide) groups is 1. The third kappa shape index (κ3) is 6.45. The van der Waals surface area contributed by atoms with Gasteiger partial charge in [-0.2, -0.15) is 0 Å². The molecule has 1 fully saturated rings. The van der Waals surface area contributed by atoms with Crippen LogP contribution in [0.4, 0.5) is 4.39 Å². The lowest BCUT2D eigenvalue weighted by atomic mass is 9.96. The molecule has 2 aliphatic carbocycles. The molecule has 1 saturated carbocycles. The molecule has 3 aliphatic rings. The number of carbonyl (C=O) groups excluding carboxylic acids is 1. The third-order valence-electron chi connectivity index (χ3n) is 6.37. The number of aryl methyl sites for hydroxylation is 1. The zero-order valence-electron chi connectivity index (χ0n) is 20.8. The fraction of sp³-hybridized carbons (Fsp3) is 0.414. The Balaban J connectivity index is 1.36. The number of aliphatic imine (C=N–C) groups is 1. The molecule has 35 heavy (non-hydrogen) atoms. The number of ketones is 1. The van der Waals surface area contributed by atoms with Gasteiger partial charge in [0.2, 0.25) is 0 Å². The van der Waals surface area contributed by atoms with Crippen LogP contribution in [0.2, 0.25) is 0 Å². The van der Waals surface area contributed by atoms with Gasteiger partial charge in [0, 0.05) is 22.8 Å². The van der Waals surface area contributed by atoms with Gasteiger partial charge in [0.25, 0.3) is 0 Å². The van der Waals surface area contributed by atoms with Gasteiger partial charge >= 0.3 is 0 Å². The predicted octanol–water partition coefficient (Wildman–Crippen LogP) is 7.07. The average Bonchev–Trinajstić information content (AvgIpc) is 3.62. The van der Waals surface area contributed by atoms with Crippen molar-refractivity contribution in [1.29, 1.82) is 0 Å². The molecule has 0 N–H and O–H groups in total. The van der Waals surface area contributed by atoms with Crippen molar-refractivity contribution < 1.29 is 18.7 Å². The maximum atomic E-state index is 13.5. The third-order valence-corrected chi connectivity index (χ3v) is 7.73. The first-order chi connectivity index (χ1) is 16.9. The first-order valence-corrected chi connectivity index (χ1v) is 13.0. The highest BCUT2D eigenvalue weighted by Gasteiger charge is 2.33. The van der Waals surface area contributed by atoms with Crippen molar-refractivity contribution in [2.45, 2.75) is 57.7 Å². The van der Waals surface area contributed by atoms with Crippen LogP contribution in [0, 0.1) is 12.8 Å². The Hall–Kier alpha value is -2.82. The molecule has 1 aromatic carbocycles. The van der Waals surface area contributed by atoms with Crippen LogP contribution in [0.1, 0.15) is 55.5 Å². The summed E-state index contributed by atoms with van der Waals surface area (Å²) in [7, 11) is 1.68. The highest BCUT2D eigenvalue weighted by Crippen LogP contribution is 2.37. The molecule has 0 amide bonds. The van der Waals surface area contributed by atoms with E-state index >= 15 is 0 Å². The van der Waals surface area contributed by atoms with Gasteiger partial charge in [0.15, 0.2) is 5.78 Å². The van der Waals surface area contributed by atoms with E-state index in [1.54, 1.807) is 31.0 Å². The van der Waals surface area contributed by atoms with Crippen LogP contribution >= 0.6 is 11.8 Å². The van der Waals surface area contributed by atoms with Crippen molar-refractivity contribution in [2.75, 3.05) is 13.7 Å². The molecule has 4 nitrogen and oxygen atoms in total. The number of halogens is 1. The van der Waals surface area contributed by atoms with E-state index in [0.29, 0.717) is 24.5 Å². The second kappa shape index (κ2) is 11.3. The van der Waals surface area contributed by atoms with Crippen LogP contribution in [0.15, 0.2) is 76.0 Å². The minimum atomic E-state index is -0.301. The first kappa shape index (κ1) is 25.3. The van der Waals surface area contributed by atoms with Crippen LogP contribution in [-0.2, 0) is 4.74 Å². The molecule has 0 bridgehead atoms. The molecule has 184 valence electrons. The summed E-state index contributed by atoms with van der Waals surface area (Å²) in [6.07, 6.45) is 9.48. The number of ether oxygens (including phenoxy) is 2. The summed E-state index contributed by atoms with van der Waals surface area (Å²) in [6, 6.07) is 5.74. The molecule has 1 aromatic rings. The Bertz CT molecular complexity index is 1180. The summed E-state index contributed by atoms with van der Waals surface area (Å²) >= 11 is 1.67. The predicted molar refractivity (Wildman–Crippen MR) is 141 cm³/mol. The molecule has 0 aromatic heterocycles. The second-order valence-electron chi connectivity index (χ2n) is 9.40. The molecule has 1 aliphatic heterocycles. The number of nitrogens with zero attached hydrogens (tertiary/aromatic N) is 1. The normalized spacial score (nSPS) is 20.9. The standard InChI is InChI=1S/C29H32FNO3S/c1-18(2)28-27(35-29(31-28)21-6-5-7-23(30)12-10-21)15-13-24(32)22-11-14-25(19(3)16-22)34-17-26(33-4)20-8-9-20/h5,7,10-12,14,16,18,27-28H,8-9,13,15,17H2,1-4H3. The zero-order chi connectivity index (χ0) is 24.9. The van der Waals surface area contributed by atoms with Crippen molar-refractivity contribution in [1.82, 2.24) is 0 Å². The van der Waals surface area contributed by atoms with Gasteiger partial charge in [-0.1, -0.05) is 25.6 Å². The molecular weight excluding hydrogens is 461 g/mol. The van der Waals surface area contributed by atoms with E-state index in [9.17, 15) is 9.18 Å². The van der Waals surface area contributed by atoms with Crippen molar-refractivity contribution >= 4 is 22.6 Å². The maximum absolute atomic E-state index is 13.5. The van der Waals surface area contributed by atoms with Crippen molar-refractivity contribution in [3.63, 3.8) is 0 Å². The Morgan fingerprint density at radius 1 is 1.29 bits per heavy atom. The van der Waals surface area contributed by atoms with Crippen LogP contribution in [-0.4, -0.2) is 35.8 Å². The van der Waals surface area contributed by atoms with Crippen LogP contribution in [0.3, 0.4) is 0 Å². The van der Waals surface area contributed by atoms with Crippen LogP contribution in [0.25, 0.3) is 0 Å². The van der Waals surface area contributed by atoms with E-state index < -0.39 is 0 Å². The summed E-state index contributed by atoms with van der Waals surface area (Å²) in [6.45, 7) is 6.68. The fourth-order valence-corrected chi connectivity index (χ4v) is 5.68. The quantitative estimate of drug-likeness (QED) is 0.199. The van der Waals surface area contributed by atoms with Gasteiger partial charge in [-0.25, -0.2) is 4.39 Å². The van der Waals surface area contributed by atoms with Crippen molar-refractivity contribution in [2.24, 2.45) is 10.9 Å². The summed E-state index contributed by atoms with van der Waals surface area (Å²) in [5, 5.41) is 1.06. The second-order valence-corrected chi connectivity index (χ2v) is 10.6. The largest absolute Gasteiger partial charge is 0.498 e. The Morgan fingerprint density at radius 3 is 2.77 bits per heavy atom. The summed E-state index contributed by atoms with van der Waals surface area (Å²) in [4.78, 5) is 17.9. The molecule has 2 unspecified atom stereocenters. The van der Waals surface area contributed by atoms with E-state index in [1.165, 1.54) is 17.7 Å². The monoisotopic (exact) mass is 493 g/mol. The molecule has 2 atom stereocenters. The van der Waals surface area contributed by atoms with E-state index in [1.807, 2.05) is 25.1 Å². The minimum Gasteiger partial charge on any atom is -0.498 e. The first-order valence-electron chi connectivity index (χ1n) is 12.1. The number of hydrogen-bond acceptors (Lipinski definition) is 5. The molecule has 0 spiro atoms. The number of methoxy groups -OCH3 is 1. The molecule has 6 heteroatoms. The molecule has 1 heterocycles. The Kier molecular flexibility index (Phi) is 8.15. The zero-order valence-corrected chi connectivity index (χ0v) is 21.6. The van der Waals surface area contributed by atoms with E-state index in [2.05, 4.69) is 19.6 Å².